The van der Waals surface area contributed by atoms with Crippen molar-refractivity contribution in [3.05, 3.63) is 89.1 Å². The predicted octanol–water partition coefficient (Wildman–Crippen LogP) is 6.19. The van der Waals surface area contributed by atoms with E-state index in [1.807, 2.05) is 0 Å². The van der Waals surface area contributed by atoms with E-state index < -0.39 is 50.8 Å². The second kappa shape index (κ2) is 12.3. The largest absolute Gasteiger partial charge is 0.465 e. The van der Waals surface area contributed by atoms with E-state index in [1.165, 1.54) is 56.1 Å². The number of nitrogens with one attached hydrogen (secondary N) is 2. The fraction of sp³-hybridized carbons (Fsp3) is 0.281. The van der Waals surface area contributed by atoms with Gasteiger partial charge in [0, 0.05) is 41.1 Å². The molecule has 1 aliphatic rings. The highest BCUT2D eigenvalue weighted by atomic mass is 32.2. The van der Waals surface area contributed by atoms with Crippen molar-refractivity contribution in [2.24, 2.45) is 0 Å². The number of likely N-dealkylation sites (tertiary alicyclic amines) is 1. The fourth-order valence-electron chi connectivity index (χ4n) is 5.67. The number of halogens is 2. The minimum absolute atomic E-state index is 0.0211. The Balaban J connectivity index is 1.61. The summed E-state index contributed by atoms with van der Waals surface area (Å²) in [7, 11) is -3.85. The van der Waals surface area contributed by atoms with Crippen LogP contribution in [-0.4, -0.2) is 47.2 Å². The first-order chi connectivity index (χ1) is 21.3. The van der Waals surface area contributed by atoms with Gasteiger partial charge in [0.25, 0.3) is 0 Å². The number of carbonyl (C=O) groups excluding carboxylic acids is 1. The van der Waals surface area contributed by atoms with Gasteiger partial charge in [-0.1, -0.05) is 0 Å². The number of aryl methyl sites for hydroxylation is 1. The van der Waals surface area contributed by atoms with Gasteiger partial charge in [0.2, 0.25) is 5.91 Å². The molecule has 0 bridgehead atoms. The first-order valence-electron chi connectivity index (χ1n) is 14.3. The number of amides is 2. The molecule has 236 valence electrons. The lowest BCUT2D eigenvalue weighted by molar-refractivity contribution is -0.133. The van der Waals surface area contributed by atoms with Gasteiger partial charge < -0.3 is 21.1 Å². The molecule has 5 rings (SSSR count). The number of rotatable bonds is 8. The molecule has 13 heteroatoms. The standard InChI is InChI=1S/C32H33F2N5O5S/c1-17(2)45(43,44)28-9-7-21(38-32(41)42)15-24(28)27-5-4-12-39(27)31(40)29(23-13-18(3)25(33)16-26(23)34)37-20-6-8-22-19(14-20)10-11-36-30(22)35/h6-11,13-17,27,29,37-38H,4-5,12H2,1-3H3,(H2,35,36)(H,41,42)/t27-,29+/m1/s1. The van der Waals surface area contributed by atoms with Crippen LogP contribution in [-0.2, 0) is 14.6 Å². The lowest BCUT2D eigenvalue weighted by Crippen LogP contribution is -2.38. The van der Waals surface area contributed by atoms with Gasteiger partial charge >= 0.3 is 6.09 Å². The second-order valence-electron chi connectivity index (χ2n) is 11.3. The lowest BCUT2D eigenvalue weighted by Gasteiger charge is -2.32. The highest BCUT2D eigenvalue weighted by Crippen LogP contribution is 2.40. The molecule has 2 atom stereocenters. The van der Waals surface area contributed by atoms with Gasteiger partial charge in [0.05, 0.1) is 16.2 Å². The van der Waals surface area contributed by atoms with Crippen LogP contribution in [0.4, 0.5) is 30.8 Å². The number of anilines is 3. The molecular formula is C32H33F2N5O5S. The van der Waals surface area contributed by atoms with Gasteiger partial charge in [0.1, 0.15) is 23.5 Å². The summed E-state index contributed by atoms with van der Waals surface area (Å²) in [6.07, 6.45) is 1.09. The Morgan fingerprint density at radius 1 is 1.04 bits per heavy atom. The Bertz CT molecular complexity index is 1920. The number of hydrogen-bond donors (Lipinski definition) is 4. The summed E-state index contributed by atoms with van der Waals surface area (Å²) in [6.45, 7) is 4.76. The summed E-state index contributed by atoms with van der Waals surface area (Å²) >= 11 is 0. The van der Waals surface area contributed by atoms with E-state index in [0.717, 1.165) is 11.5 Å². The molecule has 0 saturated carbocycles. The van der Waals surface area contributed by atoms with Crippen LogP contribution in [0.3, 0.4) is 0 Å². The van der Waals surface area contributed by atoms with Crippen molar-refractivity contribution in [3.8, 4) is 0 Å². The maximum absolute atomic E-state index is 15.4. The second-order valence-corrected chi connectivity index (χ2v) is 13.8. The Kier molecular flexibility index (Phi) is 8.66. The third-order valence-electron chi connectivity index (χ3n) is 8.03. The van der Waals surface area contributed by atoms with Crippen molar-refractivity contribution in [2.45, 2.75) is 55.8 Å². The van der Waals surface area contributed by atoms with E-state index in [9.17, 15) is 27.5 Å². The fourth-order valence-corrected chi connectivity index (χ4v) is 6.96. The number of fused-ring (bicyclic) bond motifs is 1. The quantitative estimate of drug-likeness (QED) is 0.178. The van der Waals surface area contributed by atoms with E-state index in [0.29, 0.717) is 29.7 Å². The lowest BCUT2D eigenvalue weighted by atomic mass is 9.99. The number of pyridine rings is 1. The van der Waals surface area contributed by atoms with Crippen LogP contribution in [0.5, 0.6) is 0 Å². The van der Waals surface area contributed by atoms with Crippen molar-refractivity contribution >= 4 is 49.8 Å². The molecule has 0 radical (unpaired) electrons. The summed E-state index contributed by atoms with van der Waals surface area (Å²) < 4.78 is 56.6. The molecule has 5 N–H and O–H groups in total. The van der Waals surface area contributed by atoms with Crippen LogP contribution in [0.2, 0.25) is 0 Å². The molecule has 10 nitrogen and oxygen atoms in total. The normalized spacial score (nSPS) is 15.8. The maximum Gasteiger partial charge on any atom is 0.409 e. The van der Waals surface area contributed by atoms with Gasteiger partial charge in [-0.25, -0.2) is 27.0 Å². The molecule has 1 fully saturated rings. The summed E-state index contributed by atoms with van der Waals surface area (Å²) in [5.41, 5.74) is 6.89. The zero-order chi connectivity index (χ0) is 32.6. The van der Waals surface area contributed by atoms with Gasteiger partial charge in [-0.3, -0.25) is 10.1 Å². The predicted molar refractivity (Wildman–Crippen MR) is 168 cm³/mol. The van der Waals surface area contributed by atoms with Crippen molar-refractivity contribution in [1.82, 2.24) is 9.88 Å². The van der Waals surface area contributed by atoms with Gasteiger partial charge in [-0.15, -0.1) is 0 Å². The van der Waals surface area contributed by atoms with Crippen molar-refractivity contribution in [3.63, 3.8) is 0 Å². The topological polar surface area (TPSA) is 155 Å². The first-order valence-corrected chi connectivity index (χ1v) is 15.9. The molecule has 2 heterocycles. The summed E-state index contributed by atoms with van der Waals surface area (Å²) in [4.78, 5) is 31.4. The zero-order valence-corrected chi connectivity index (χ0v) is 25.7. The third kappa shape index (κ3) is 6.25. The number of hydrogen-bond acceptors (Lipinski definition) is 7. The Morgan fingerprint density at radius 2 is 1.78 bits per heavy atom. The van der Waals surface area contributed by atoms with Crippen LogP contribution in [0.25, 0.3) is 10.8 Å². The average Bonchev–Trinajstić information content (AvgIpc) is 3.47. The van der Waals surface area contributed by atoms with Crippen molar-refractivity contribution in [1.29, 1.82) is 0 Å². The van der Waals surface area contributed by atoms with E-state index in [4.69, 9.17) is 5.73 Å². The summed E-state index contributed by atoms with van der Waals surface area (Å²) in [6, 6.07) is 10.9. The molecule has 1 saturated heterocycles. The summed E-state index contributed by atoms with van der Waals surface area (Å²) in [5, 5.41) is 15.3. The number of sulfone groups is 1. The molecule has 0 spiro atoms. The number of nitrogens with two attached hydrogens (primary N) is 1. The molecule has 0 aliphatic carbocycles. The molecule has 2 amide bonds. The molecule has 1 aromatic heterocycles. The van der Waals surface area contributed by atoms with Gasteiger partial charge in [-0.2, -0.15) is 0 Å². The number of carbonyl (C=O) groups is 2. The first kappa shape index (κ1) is 31.6. The minimum Gasteiger partial charge on any atom is -0.465 e. The van der Waals surface area contributed by atoms with Crippen LogP contribution < -0.4 is 16.4 Å². The Morgan fingerprint density at radius 3 is 2.49 bits per heavy atom. The van der Waals surface area contributed by atoms with E-state index >= 15 is 4.39 Å². The van der Waals surface area contributed by atoms with E-state index in [-0.39, 0.29) is 33.8 Å². The maximum atomic E-state index is 15.4. The smallest absolute Gasteiger partial charge is 0.409 e. The highest BCUT2D eigenvalue weighted by Gasteiger charge is 2.39. The molecular weight excluding hydrogens is 604 g/mol. The number of carboxylic acid groups (broad SMARTS) is 1. The van der Waals surface area contributed by atoms with Gasteiger partial charge in [0.15, 0.2) is 9.84 Å². The van der Waals surface area contributed by atoms with Crippen molar-refractivity contribution in [2.75, 3.05) is 22.9 Å². The number of nitrogen functional groups attached to an aromatic ring is 1. The highest BCUT2D eigenvalue weighted by molar-refractivity contribution is 7.92. The minimum atomic E-state index is -3.85. The molecule has 4 aromatic rings. The van der Waals surface area contributed by atoms with Gasteiger partial charge in [-0.05, 0) is 98.7 Å². The molecule has 45 heavy (non-hydrogen) atoms. The van der Waals surface area contributed by atoms with Crippen LogP contribution in [0.1, 0.15) is 55.5 Å². The number of benzene rings is 3. The monoisotopic (exact) mass is 637 g/mol. The average molecular weight is 638 g/mol. The van der Waals surface area contributed by atoms with E-state index in [1.54, 1.807) is 24.3 Å². The molecule has 0 unspecified atom stereocenters. The number of nitrogens with zero attached hydrogens (tertiary/aromatic N) is 2. The SMILES string of the molecule is Cc1cc([C@H](Nc2ccc3c(N)nccc3c2)C(=O)N2CCC[C@@H]2c2cc(NC(=O)O)ccc2S(=O)(=O)C(C)C)c(F)cc1F. The zero-order valence-electron chi connectivity index (χ0n) is 24.8. The molecule has 3 aromatic carbocycles. The van der Waals surface area contributed by atoms with Crippen LogP contribution in [0.15, 0.2) is 65.7 Å². The third-order valence-corrected chi connectivity index (χ3v) is 10.3. The Labute approximate surface area is 259 Å². The molecule has 1 aliphatic heterocycles. The van der Waals surface area contributed by atoms with E-state index in [2.05, 4.69) is 15.6 Å². The number of aromatic nitrogens is 1. The Hall–Kier alpha value is -4.78. The van der Waals surface area contributed by atoms with Crippen LogP contribution in [0, 0.1) is 18.6 Å². The summed E-state index contributed by atoms with van der Waals surface area (Å²) in [5.74, 6) is -1.94. The van der Waals surface area contributed by atoms with Crippen LogP contribution >= 0.6 is 0 Å². The van der Waals surface area contributed by atoms with Crippen molar-refractivity contribution < 1.29 is 31.9 Å².